The Kier molecular flexibility index (Phi) is 8.08. The smallest absolute Gasteiger partial charge is 0.326 e. The first-order chi connectivity index (χ1) is 14.4. The van der Waals surface area contributed by atoms with Gasteiger partial charge in [-0.2, -0.15) is 0 Å². The molecular formula is C23H35N3O4. The van der Waals surface area contributed by atoms with Gasteiger partial charge in [0, 0.05) is 31.7 Å². The van der Waals surface area contributed by atoms with Gasteiger partial charge in [-0.15, -0.1) is 0 Å². The van der Waals surface area contributed by atoms with Crippen molar-refractivity contribution in [2.45, 2.75) is 77.4 Å². The van der Waals surface area contributed by atoms with Crippen molar-refractivity contribution >= 4 is 17.7 Å². The molecule has 7 heteroatoms. The van der Waals surface area contributed by atoms with E-state index < -0.39 is 12.0 Å². The van der Waals surface area contributed by atoms with Crippen molar-refractivity contribution in [3.8, 4) is 0 Å². The number of amides is 1. The summed E-state index contributed by atoms with van der Waals surface area (Å²) < 4.78 is 5.84. The van der Waals surface area contributed by atoms with E-state index in [9.17, 15) is 14.7 Å². The second kappa shape index (κ2) is 10.8. The lowest BCUT2D eigenvalue weighted by Gasteiger charge is -2.35. The lowest BCUT2D eigenvalue weighted by Crippen LogP contribution is -2.42. The second-order valence-corrected chi connectivity index (χ2v) is 9.05. The van der Waals surface area contributed by atoms with Gasteiger partial charge in [-0.3, -0.25) is 4.79 Å². The number of carboxylic acids is 1. The molecule has 1 saturated carbocycles. The van der Waals surface area contributed by atoms with Gasteiger partial charge in [0.25, 0.3) is 0 Å². The Labute approximate surface area is 179 Å². The molecular weight excluding hydrogens is 382 g/mol. The summed E-state index contributed by atoms with van der Waals surface area (Å²) in [6.45, 7) is 5.23. The highest BCUT2D eigenvalue weighted by atomic mass is 16.5. The first-order valence-corrected chi connectivity index (χ1v) is 11.3. The van der Waals surface area contributed by atoms with E-state index in [1.165, 1.54) is 12.0 Å². The summed E-state index contributed by atoms with van der Waals surface area (Å²) in [5, 5.41) is 15.3. The van der Waals surface area contributed by atoms with Crippen LogP contribution in [-0.2, 0) is 27.2 Å². The molecule has 30 heavy (non-hydrogen) atoms. The van der Waals surface area contributed by atoms with Gasteiger partial charge in [0.2, 0.25) is 5.91 Å². The Morgan fingerprint density at radius 1 is 1.33 bits per heavy atom. The number of carboxylic acid groups (broad SMARTS) is 1. The van der Waals surface area contributed by atoms with Crippen LogP contribution >= 0.6 is 0 Å². The summed E-state index contributed by atoms with van der Waals surface area (Å²) in [4.78, 5) is 27.9. The molecule has 0 aromatic carbocycles. The number of aryl methyl sites for hydroxylation is 2. The van der Waals surface area contributed by atoms with Crippen molar-refractivity contribution in [3.05, 3.63) is 23.4 Å². The van der Waals surface area contributed by atoms with Crippen molar-refractivity contribution < 1.29 is 19.4 Å². The van der Waals surface area contributed by atoms with Gasteiger partial charge in [-0.1, -0.05) is 19.9 Å². The lowest BCUT2D eigenvalue weighted by molar-refractivity contribution is -0.143. The number of pyridine rings is 1. The molecule has 1 aliphatic carbocycles. The van der Waals surface area contributed by atoms with Gasteiger partial charge >= 0.3 is 5.97 Å². The molecule has 1 atom stereocenters. The molecule has 0 radical (unpaired) electrons. The molecule has 0 saturated heterocycles. The van der Waals surface area contributed by atoms with Crippen molar-refractivity contribution in [1.29, 1.82) is 0 Å². The fourth-order valence-corrected chi connectivity index (χ4v) is 4.14. The quantitative estimate of drug-likeness (QED) is 0.511. The minimum atomic E-state index is -1.01. The van der Waals surface area contributed by atoms with E-state index in [1.807, 2.05) is 13.8 Å². The van der Waals surface area contributed by atoms with E-state index in [4.69, 9.17) is 9.72 Å². The van der Waals surface area contributed by atoms with E-state index in [-0.39, 0.29) is 17.9 Å². The molecule has 1 fully saturated rings. The Morgan fingerprint density at radius 2 is 2.13 bits per heavy atom. The van der Waals surface area contributed by atoms with Crippen LogP contribution in [0.15, 0.2) is 12.1 Å². The summed E-state index contributed by atoms with van der Waals surface area (Å²) in [5.41, 5.74) is 2.47. The number of rotatable bonds is 11. The molecule has 1 aliphatic heterocycles. The van der Waals surface area contributed by atoms with Crippen molar-refractivity contribution in [1.82, 2.24) is 10.3 Å². The third-order valence-corrected chi connectivity index (χ3v) is 5.94. The van der Waals surface area contributed by atoms with Crippen LogP contribution in [0.2, 0.25) is 0 Å². The minimum absolute atomic E-state index is 0.203. The zero-order valence-corrected chi connectivity index (χ0v) is 18.2. The largest absolute Gasteiger partial charge is 0.480 e. The van der Waals surface area contributed by atoms with Crippen molar-refractivity contribution in [2.24, 2.45) is 11.8 Å². The maximum atomic E-state index is 11.8. The van der Waals surface area contributed by atoms with Gasteiger partial charge in [0.05, 0.1) is 6.10 Å². The van der Waals surface area contributed by atoms with Crippen LogP contribution in [0.5, 0.6) is 0 Å². The van der Waals surface area contributed by atoms with Crippen molar-refractivity contribution in [2.75, 3.05) is 18.5 Å². The number of hydrogen-bond donors (Lipinski definition) is 3. The van der Waals surface area contributed by atoms with Crippen LogP contribution in [0.4, 0.5) is 5.82 Å². The number of aliphatic carboxylic acids is 1. The normalized spacial score (nSPS) is 21.3. The van der Waals surface area contributed by atoms with Crippen LogP contribution in [0.3, 0.4) is 0 Å². The summed E-state index contributed by atoms with van der Waals surface area (Å²) >= 11 is 0. The Balaban J connectivity index is 1.31. The van der Waals surface area contributed by atoms with E-state index in [0.29, 0.717) is 25.4 Å². The number of nitrogens with one attached hydrogen (secondary N) is 2. The number of nitrogens with zero attached hydrogens (tertiary/aromatic N) is 1. The Morgan fingerprint density at radius 3 is 2.87 bits per heavy atom. The molecule has 1 aromatic rings. The first kappa shape index (κ1) is 22.5. The fourth-order valence-electron chi connectivity index (χ4n) is 4.14. The molecule has 1 aromatic heterocycles. The zero-order valence-electron chi connectivity index (χ0n) is 18.2. The molecule has 0 bridgehead atoms. The predicted octanol–water partition coefficient (Wildman–Crippen LogP) is 3.17. The lowest BCUT2D eigenvalue weighted by atomic mass is 9.79. The Bertz CT molecular complexity index is 731. The van der Waals surface area contributed by atoms with Crippen LogP contribution in [-0.4, -0.2) is 47.3 Å². The van der Waals surface area contributed by atoms with Crippen LogP contribution in [0.1, 0.15) is 63.6 Å². The highest BCUT2D eigenvalue weighted by Crippen LogP contribution is 2.34. The highest BCUT2D eigenvalue weighted by molar-refractivity contribution is 5.83. The van der Waals surface area contributed by atoms with Crippen LogP contribution in [0.25, 0.3) is 0 Å². The summed E-state index contributed by atoms with van der Waals surface area (Å²) in [7, 11) is 0. The van der Waals surface area contributed by atoms with Gasteiger partial charge in [-0.25, -0.2) is 9.78 Å². The number of carbonyl (C=O) groups is 2. The van der Waals surface area contributed by atoms with Gasteiger partial charge in [-0.05, 0) is 62.0 Å². The maximum Gasteiger partial charge on any atom is 0.326 e. The maximum absolute atomic E-state index is 11.8. The van der Waals surface area contributed by atoms with Crippen LogP contribution in [0, 0.1) is 11.8 Å². The van der Waals surface area contributed by atoms with Crippen LogP contribution < -0.4 is 10.6 Å². The van der Waals surface area contributed by atoms with E-state index in [2.05, 4.69) is 22.8 Å². The zero-order chi connectivity index (χ0) is 21.5. The molecule has 3 N–H and O–H groups in total. The third-order valence-electron chi connectivity index (χ3n) is 5.94. The van der Waals surface area contributed by atoms with Gasteiger partial charge in [0.15, 0.2) is 0 Å². The first-order valence-electron chi connectivity index (χ1n) is 11.3. The molecule has 3 rings (SSSR count). The number of ether oxygens (including phenoxy) is 1. The average Bonchev–Trinajstić information content (AvgIpc) is 2.67. The SMILES string of the molecule is CC(C)CC(=O)N[C@@H](CCOC1CC(CCc2ccc3c(n2)NCCC3)C1)C(=O)O. The topological polar surface area (TPSA) is 101 Å². The molecule has 2 heterocycles. The van der Waals surface area contributed by atoms with E-state index in [1.54, 1.807) is 0 Å². The van der Waals surface area contributed by atoms with Crippen molar-refractivity contribution in [3.63, 3.8) is 0 Å². The van der Waals surface area contributed by atoms with Gasteiger partial charge < -0.3 is 20.5 Å². The summed E-state index contributed by atoms with van der Waals surface area (Å²) in [5.74, 6) is 0.681. The summed E-state index contributed by atoms with van der Waals surface area (Å²) in [6, 6.07) is 3.48. The molecule has 0 unspecified atom stereocenters. The molecule has 0 spiro atoms. The molecule has 2 aliphatic rings. The summed E-state index contributed by atoms with van der Waals surface area (Å²) in [6.07, 6.45) is 7.24. The number of aromatic nitrogens is 1. The molecule has 7 nitrogen and oxygen atoms in total. The third kappa shape index (κ3) is 6.69. The number of carbonyl (C=O) groups excluding carboxylic acids is 1. The number of anilines is 1. The predicted molar refractivity (Wildman–Crippen MR) is 115 cm³/mol. The highest BCUT2D eigenvalue weighted by Gasteiger charge is 2.30. The average molecular weight is 418 g/mol. The Hall–Kier alpha value is -2.15. The van der Waals surface area contributed by atoms with Gasteiger partial charge in [0.1, 0.15) is 11.9 Å². The number of hydrogen-bond acceptors (Lipinski definition) is 5. The number of fused-ring (bicyclic) bond motifs is 1. The van der Waals surface area contributed by atoms with E-state index in [0.717, 1.165) is 50.2 Å². The molecule has 166 valence electrons. The molecule has 1 amide bonds. The minimum Gasteiger partial charge on any atom is -0.480 e. The fraction of sp³-hybridized carbons (Fsp3) is 0.696. The standard InChI is InChI=1S/C23H35N3O4/c1-15(2)12-21(27)26-20(23(28)29)9-11-30-19-13-16(14-19)5-7-18-8-6-17-4-3-10-24-22(17)25-18/h6,8,15-16,19-20H,3-5,7,9-14H2,1-2H3,(H,24,25)(H,26,27)(H,28,29)/t16?,19?,20-/m0/s1. The second-order valence-electron chi connectivity index (χ2n) is 9.05. The monoisotopic (exact) mass is 417 g/mol. The van der Waals surface area contributed by atoms with E-state index >= 15 is 0 Å².